The van der Waals surface area contributed by atoms with Crippen LogP contribution in [0.25, 0.3) is 10.9 Å². The Morgan fingerprint density at radius 3 is 2.71 bits per heavy atom. The van der Waals surface area contributed by atoms with E-state index in [0.29, 0.717) is 25.1 Å². The molecule has 1 atom stereocenters. The van der Waals surface area contributed by atoms with Crippen molar-refractivity contribution in [2.45, 2.75) is 38.1 Å². The number of hydrogen-bond acceptors (Lipinski definition) is 3. The second kappa shape index (κ2) is 9.69. The summed E-state index contributed by atoms with van der Waals surface area (Å²) in [6.07, 6.45) is 5.59. The van der Waals surface area contributed by atoms with Crippen molar-refractivity contribution in [2.24, 2.45) is 0 Å². The molecular formula is C26H25F2N5O2. The van der Waals surface area contributed by atoms with E-state index in [2.05, 4.69) is 20.5 Å². The first-order valence-electron chi connectivity index (χ1n) is 11.7. The summed E-state index contributed by atoms with van der Waals surface area (Å²) in [7, 11) is 0. The van der Waals surface area contributed by atoms with E-state index in [0.717, 1.165) is 47.9 Å². The van der Waals surface area contributed by atoms with Crippen LogP contribution in [0.5, 0.6) is 0 Å². The number of nitrogens with zero attached hydrogens (tertiary/aromatic N) is 2. The van der Waals surface area contributed by atoms with Gasteiger partial charge in [0.1, 0.15) is 17.2 Å². The normalized spacial score (nSPS) is 15.9. The maximum atomic E-state index is 13.9. The lowest BCUT2D eigenvalue weighted by atomic mass is 9.98. The van der Waals surface area contributed by atoms with Crippen molar-refractivity contribution >= 4 is 28.5 Å². The van der Waals surface area contributed by atoms with Crippen molar-refractivity contribution in [3.05, 3.63) is 83.2 Å². The highest BCUT2D eigenvalue weighted by Gasteiger charge is 2.29. The van der Waals surface area contributed by atoms with Gasteiger partial charge in [-0.15, -0.1) is 0 Å². The Balaban J connectivity index is 1.27. The number of amides is 2. The van der Waals surface area contributed by atoms with Gasteiger partial charge in [-0.25, -0.2) is 8.78 Å². The topological polar surface area (TPSA) is 93.9 Å². The summed E-state index contributed by atoms with van der Waals surface area (Å²) in [4.78, 5) is 30.7. The Hall–Kier alpha value is -4.01. The van der Waals surface area contributed by atoms with Crippen LogP contribution >= 0.6 is 0 Å². The molecule has 0 bridgehead atoms. The van der Waals surface area contributed by atoms with Crippen LogP contribution in [0.15, 0.2) is 54.7 Å². The lowest BCUT2D eigenvalue weighted by Gasteiger charge is -2.35. The van der Waals surface area contributed by atoms with Crippen LogP contribution in [0.2, 0.25) is 0 Å². The predicted octanol–water partition coefficient (Wildman–Crippen LogP) is 5.11. The van der Waals surface area contributed by atoms with Gasteiger partial charge in [0.05, 0.1) is 11.7 Å². The Morgan fingerprint density at radius 2 is 1.89 bits per heavy atom. The van der Waals surface area contributed by atoms with E-state index < -0.39 is 23.1 Å². The standard InChI is InChI=1S/C26H25F2N5O2/c27-18-7-5-8-19(28)25(18)26(35)30-23-14-21(31-32-23)22-10-3-4-13-33(22)24(34)12-11-16-15-29-20-9-2-1-6-17(16)20/h1-2,5-9,14-15,22,29H,3-4,10-13H2,(H2,30,31,32,35). The van der Waals surface area contributed by atoms with Crippen LogP contribution in [0.3, 0.4) is 0 Å². The van der Waals surface area contributed by atoms with Gasteiger partial charge in [-0.05, 0) is 49.4 Å². The van der Waals surface area contributed by atoms with Gasteiger partial charge in [0.15, 0.2) is 5.82 Å². The number of carbonyl (C=O) groups excluding carboxylic acids is 2. The lowest BCUT2D eigenvalue weighted by Crippen LogP contribution is -2.38. The number of anilines is 1. The molecule has 1 aliphatic rings. The Labute approximate surface area is 200 Å². The average molecular weight is 478 g/mol. The van der Waals surface area contributed by atoms with E-state index in [9.17, 15) is 18.4 Å². The number of aromatic nitrogens is 3. The number of H-pyrrole nitrogens is 2. The Kier molecular flexibility index (Phi) is 6.31. The molecule has 0 spiro atoms. The van der Waals surface area contributed by atoms with Crippen LogP contribution in [0, 0.1) is 11.6 Å². The molecule has 3 heterocycles. The maximum Gasteiger partial charge on any atom is 0.262 e. The summed E-state index contributed by atoms with van der Waals surface area (Å²) in [6, 6.07) is 12.7. The van der Waals surface area contributed by atoms with Crippen molar-refractivity contribution in [3.8, 4) is 0 Å². The molecule has 3 N–H and O–H groups in total. The summed E-state index contributed by atoms with van der Waals surface area (Å²) < 4.78 is 27.9. The molecule has 2 aromatic heterocycles. The smallest absolute Gasteiger partial charge is 0.262 e. The molecule has 0 saturated carbocycles. The van der Waals surface area contributed by atoms with E-state index in [1.54, 1.807) is 6.07 Å². The third kappa shape index (κ3) is 4.66. The van der Waals surface area contributed by atoms with E-state index in [4.69, 9.17) is 0 Å². The van der Waals surface area contributed by atoms with E-state index in [1.807, 2.05) is 35.4 Å². The van der Waals surface area contributed by atoms with Crippen LogP contribution in [0.1, 0.15) is 53.3 Å². The Bertz CT molecular complexity index is 1360. The third-order valence-electron chi connectivity index (χ3n) is 6.49. The quantitative estimate of drug-likeness (QED) is 0.360. The number of hydrogen-bond donors (Lipinski definition) is 3. The van der Waals surface area contributed by atoms with Gasteiger partial charge >= 0.3 is 0 Å². The van der Waals surface area contributed by atoms with Crippen molar-refractivity contribution in [2.75, 3.05) is 11.9 Å². The molecule has 2 amide bonds. The highest BCUT2D eigenvalue weighted by Crippen LogP contribution is 2.32. The van der Waals surface area contributed by atoms with E-state index >= 15 is 0 Å². The highest BCUT2D eigenvalue weighted by atomic mass is 19.1. The Morgan fingerprint density at radius 1 is 1.09 bits per heavy atom. The summed E-state index contributed by atoms with van der Waals surface area (Å²) in [5, 5.41) is 10.5. The molecule has 1 aliphatic heterocycles. The van der Waals surface area contributed by atoms with Crippen molar-refractivity contribution in [3.63, 3.8) is 0 Å². The third-order valence-corrected chi connectivity index (χ3v) is 6.49. The minimum absolute atomic E-state index is 0.0496. The number of nitrogens with one attached hydrogen (secondary N) is 3. The zero-order valence-corrected chi connectivity index (χ0v) is 19.0. The van der Waals surface area contributed by atoms with Gasteiger partial charge in [-0.3, -0.25) is 14.7 Å². The van der Waals surface area contributed by atoms with Gasteiger partial charge in [0, 0.05) is 36.1 Å². The second-order valence-electron chi connectivity index (χ2n) is 8.72. The van der Waals surface area contributed by atoms with Crippen LogP contribution in [0.4, 0.5) is 14.6 Å². The molecule has 0 aliphatic carbocycles. The van der Waals surface area contributed by atoms with Gasteiger partial charge in [0.25, 0.3) is 5.91 Å². The van der Waals surface area contributed by atoms with Crippen molar-refractivity contribution in [1.29, 1.82) is 0 Å². The van der Waals surface area contributed by atoms with Crippen LogP contribution in [-0.2, 0) is 11.2 Å². The molecule has 1 unspecified atom stereocenters. The predicted molar refractivity (Wildman–Crippen MR) is 128 cm³/mol. The molecule has 0 radical (unpaired) electrons. The molecule has 7 nitrogen and oxygen atoms in total. The fourth-order valence-electron chi connectivity index (χ4n) is 4.74. The SMILES string of the molecule is O=C(Nc1cc(C2CCCCN2C(=O)CCc2c[nH]c3ccccc23)[nH]n1)c1c(F)cccc1F. The monoisotopic (exact) mass is 477 g/mol. The molecule has 35 heavy (non-hydrogen) atoms. The number of aryl methyl sites for hydroxylation is 1. The molecule has 180 valence electrons. The fraction of sp³-hybridized carbons (Fsp3) is 0.269. The number of aromatic amines is 2. The molecule has 4 aromatic rings. The van der Waals surface area contributed by atoms with Crippen LogP contribution in [-0.4, -0.2) is 38.4 Å². The largest absolute Gasteiger partial charge is 0.361 e. The molecule has 1 saturated heterocycles. The van der Waals surface area contributed by atoms with E-state index in [1.165, 1.54) is 6.07 Å². The molecule has 1 fully saturated rings. The van der Waals surface area contributed by atoms with Crippen molar-refractivity contribution in [1.82, 2.24) is 20.1 Å². The number of piperidine rings is 1. The summed E-state index contributed by atoms with van der Waals surface area (Å²) in [5.41, 5.74) is 2.17. The van der Waals surface area contributed by atoms with Gasteiger partial charge in [-0.2, -0.15) is 5.10 Å². The molecular weight excluding hydrogens is 452 g/mol. The first-order valence-corrected chi connectivity index (χ1v) is 11.7. The zero-order valence-electron chi connectivity index (χ0n) is 19.0. The first-order chi connectivity index (χ1) is 17.0. The van der Waals surface area contributed by atoms with Crippen molar-refractivity contribution < 1.29 is 18.4 Å². The second-order valence-corrected chi connectivity index (χ2v) is 8.72. The minimum Gasteiger partial charge on any atom is -0.361 e. The van der Waals surface area contributed by atoms with Gasteiger partial charge in [0.2, 0.25) is 5.91 Å². The van der Waals surface area contributed by atoms with Crippen LogP contribution < -0.4 is 5.32 Å². The zero-order chi connectivity index (χ0) is 24.4. The number of para-hydroxylation sites is 1. The number of rotatable bonds is 6. The average Bonchev–Trinajstić information content (AvgIpc) is 3.49. The number of halogens is 2. The summed E-state index contributed by atoms with van der Waals surface area (Å²) >= 11 is 0. The number of benzene rings is 2. The number of likely N-dealkylation sites (tertiary alicyclic amines) is 1. The minimum atomic E-state index is -0.947. The van der Waals surface area contributed by atoms with Gasteiger partial charge in [-0.1, -0.05) is 24.3 Å². The molecule has 2 aromatic carbocycles. The highest BCUT2D eigenvalue weighted by molar-refractivity contribution is 6.04. The number of fused-ring (bicyclic) bond motifs is 1. The van der Waals surface area contributed by atoms with Gasteiger partial charge < -0.3 is 15.2 Å². The lowest BCUT2D eigenvalue weighted by molar-refractivity contribution is -0.135. The van der Waals surface area contributed by atoms with E-state index in [-0.39, 0.29) is 17.8 Å². The maximum absolute atomic E-state index is 13.9. The molecule has 9 heteroatoms. The fourth-order valence-corrected chi connectivity index (χ4v) is 4.74. The molecule has 5 rings (SSSR count). The number of carbonyl (C=O) groups is 2. The summed E-state index contributed by atoms with van der Waals surface area (Å²) in [5.74, 6) is -2.62. The summed E-state index contributed by atoms with van der Waals surface area (Å²) in [6.45, 7) is 0.637. The first kappa shape index (κ1) is 22.8.